The van der Waals surface area contributed by atoms with Crippen LogP contribution in [-0.4, -0.2) is 17.6 Å². The minimum Gasteiger partial charge on any atom is -0.394 e. The molecule has 1 amide bonds. The van der Waals surface area contributed by atoms with E-state index in [1.807, 2.05) is 42.5 Å². The van der Waals surface area contributed by atoms with Gasteiger partial charge in [-0.05, 0) is 62.3 Å². The average Bonchev–Trinajstić information content (AvgIpc) is 2.48. The maximum atomic E-state index is 12.3. The number of carbonyl (C=O) groups excluding carboxylic acids is 1. The summed E-state index contributed by atoms with van der Waals surface area (Å²) in [7, 11) is 0. The second-order valence-electron chi connectivity index (χ2n) is 4.24. The first-order valence-electron chi connectivity index (χ1n) is 6.03. The van der Waals surface area contributed by atoms with Gasteiger partial charge in [-0.3, -0.25) is 4.79 Å². The highest BCUT2D eigenvalue weighted by Gasteiger charge is 2.16. The number of nitrogens with one attached hydrogen (secondary N) is 1. The van der Waals surface area contributed by atoms with Crippen molar-refractivity contribution in [3.63, 3.8) is 0 Å². The van der Waals surface area contributed by atoms with Crippen molar-refractivity contribution in [2.24, 2.45) is 0 Å². The molecule has 0 bridgehead atoms. The van der Waals surface area contributed by atoms with Gasteiger partial charge in [0, 0.05) is 8.04 Å². The second kappa shape index (κ2) is 7.19. The van der Waals surface area contributed by atoms with Crippen LogP contribution in [0.4, 0.5) is 0 Å². The van der Waals surface area contributed by atoms with Gasteiger partial charge >= 0.3 is 0 Å². The molecule has 0 heterocycles. The average molecular weight is 446 g/mol. The molecule has 20 heavy (non-hydrogen) atoms. The molecule has 2 N–H and O–H groups in total. The van der Waals surface area contributed by atoms with E-state index in [1.165, 1.54) is 0 Å². The van der Waals surface area contributed by atoms with E-state index in [-0.39, 0.29) is 12.5 Å². The Bertz CT molecular complexity index is 604. The molecule has 0 aliphatic heterocycles. The smallest absolute Gasteiger partial charge is 0.253 e. The largest absolute Gasteiger partial charge is 0.394 e. The minimum absolute atomic E-state index is 0.142. The number of halogens is 2. The molecule has 1 atom stereocenters. The van der Waals surface area contributed by atoms with Crippen LogP contribution >= 0.6 is 38.5 Å². The van der Waals surface area contributed by atoms with Gasteiger partial charge in [-0.15, -0.1) is 0 Å². The summed E-state index contributed by atoms with van der Waals surface area (Å²) in [6.07, 6.45) is 0. The Hall–Kier alpha value is -0.920. The van der Waals surface area contributed by atoms with E-state index in [2.05, 4.69) is 43.8 Å². The van der Waals surface area contributed by atoms with Gasteiger partial charge < -0.3 is 10.4 Å². The highest BCUT2D eigenvalue weighted by molar-refractivity contribution is 14.1. The molecular weight excluding hydrogens is 433 g/mol. The summed E-state index contributed by atoms with van der Waals surface area (Å²) >= 11 is 5.53. The van der Waals surface area contributed by atoms with Crippen molar-refractivity contribution in [2.75, 3.05) is 6.61 Å². The topological polar surface area (TPSA) is 49.3 Å². The fourth-order valence-electron chi connectivity index (χ4n) is 1.83. The SMILES string of the molecule is O=C(N[C@H](CO)c1ccccc1)c1cc(I)ccc1Br. The van der Waals surface area contributed by atoms with Crippen LogP contribution in [0.25, 0.3) is 0 Å². The summed E-state index contributed by atoms with van der Waals surface area (Å²) in [5, 5.41) is 12.3. The van der Waals surface area contributed by atoms with Crippen molar-refractivity contribution < 1.29 is 9.90 Å². The van der Waals surface area contributed by atoms with E-state index in [4.69, 9.17) is 0 Å². The monoisotopic (exact) mass is 445 g/mol. The number of amides is 1. The molecule has 2 aromatic rings. The zero-order valence-corrected chi connectivity index (χ0v) is 14.3. The van der Waals surface area contributed by atoms with E-state index in [9.17, 15) is 9.90 Å². The lowest BCUT2D eigenvalue weighted by atomic mass is 10.1. The molecule has 2 rings (SSSR count). The predicted octanol–water partition coefficient (Wildman–Crippen LogP) is 3.52. The van der Waals surface area contributed by atoms with Crippen LogP contribution in [-0.2, 0) is 0 Å². The van der Waals surface area contributed by atoms with Gasteiger partial charge in [0.05, 0.1) is 18.2 Å². The highest BCUT2D eigenvalue weighted by atomic mass is 127. The van der Waals surface area contributed by atoms with Crippen molar-refractivity contribution in [1.82, 2.24) is 5.32 Å². The first-order valence-corrected chi connectivity index (χ1v) is 7.90. The van der Waals surface area contributed by atoms with Crippen molar-refractivity contribution in [3.8, 4) is 0 Å². The fraction of sp³-hybridized carbons (Fsp3) is 0.133. The van der Waals surface area contributed by atoms with Gasteiger partial charge in [0.15, 0.2) is 0 Å². The number of aliphatic hydroxyl groups is 1. The predicted molar refractivity (Wildman–Crippen MR) is 90.6 cm³/mol. The van der Waals surface area contributed by atoms with E-state index < -0.39 is 6.04 Å². The first-order chi connectivity index (χ1) is 9.61. The number of hydrogen-bond acceptors (Lipinski definition) is 2. The van der Waals surface area contributed by atoms with Crippen LogP contribution in [0.1, 0.15) is 22.0 Å². The maximum absolute atomic E-state index is 12.3. The molecule has 3 nitrogen and oxygen atoms in total. The van der Waals surface area contributed by atoms with Crippen molar-refractivity contribution in [3.05, 3.63) is 67.7 Å². The van der Waals surface area contributed by atoms with E-state index in [0.717, 1.165) is 13.6 Å². The van der Waals surface area contributed by atoms with Gasteiger partial charge in [0.25, 0.3) is 5.91 Å². The molecule has 0 aliphatic rings. The standard InChI is InChI=1S/C15H13BrINO2/c16-13-7-6-11(17)8-12(13)15(20)18-14(9-19)10-4-2-1-3-5-10/h1-8,14,19H,9H2,(H,18,20)/t14-/m1/s1. The summed E-state index contributed by atoms with van der Waals surface area (Å²) in [4.78, 5) is 12.3. The number of benzene rings is 2. The zero-order chi connectivity index (χ0) is 14.5. The number of hydrogen-bond donors (Lipinski definition) is 2. The summed E-state index contributed by atoms with van der Waals surface area (Å²) in [6, 6.07) is 14.6. The van der Waals surface area contributed by atoms with Crippen LogP contribution < -0.4 is 5.32 Å². The van der Waals surface area contributed by atoms with E-state index in [0.29, 0.717) is 5.56 Å². The Morgan fingerprint density at radius 2 is 1.95 bits per heavy atom. The Labute approximate surface area is 139 Å². The normalized spacial score (nSPS) is 11.9. The second-order valence-corrected chi connectivity index (χ2v) is 6.34. The molecule has 0 unspecified atom stereocenters. The molecule has 104 valence electrons. The highest BCUT2D eigenvalue weighted by Crippen LogP contribution is 2.21. The number of carbonyl (C=O) groups is 1. The van der Waals surface area contributed by atoms with Gasteiger partial charge in [0.1, 0.15) is 0 Å². The van der Waals surface area contributed by atoms with Gasteiger partial charge in [0.2, 0.25) is 0 Å². The third-order valence-electron chi connectivity index (χ3n) is 2.86. The summed E-state index contributed by atoms with van der Waals surface area (Å²) in [6.45, 7) is -0.142. The molecule has 0 saturated carbocycles. The Balaban J connectivity index is 2.20. The molecule has 2 aromatic carbocycles. The molecule has 0 aliphatic carbocycles. The molecule has 0 aromatic heterocycles. The molecule has 0 spiro atoms. The van der Waals surface area contributed by atoms with E-state index >= 15 is 0 Å². The lowest BCUT2D eigenvalue weighted by molar-refractivity contribution is 0.0915. The molecule has 0 radical (unpaired) electrons. The molecule has 0 fully saturated rings. The molecular formula is C15H13BrINO2. The lowest BCUT2D eigenvalue weighted by Gasteiger charge is -2.17. The molecule has 0 saturated heterocycles. The molecule has 5 heteroatoms. The minimum atomic E-state index is -0.409. The first kappa shape index (κ1) is 15.5. The van der Waals surface area contributed by atoms with Crippen molar-refractivity contribution in [1.29, 1.82) is 0 Å². The zero-order valence-electron chi connectivity index (χ0n) is 10.5. The number of rotatable bonds is 4. The van der Waals surface area contributed by atoms with Crippen LogP contribution in [0.3, 0.4) is 0 Å². The third-order valence-corrected chi connectivity index (χ3v) is 4.23. The Morgan fingerprint density at radius 3 is 2.60 bits per heavy atom. The maximum Gasteiger partial charge on any atom is 0.253 e. The van der Waals surface area contributed by atoms with Crippen LogP contribution in [0, 0.1) is 3.57 Å². The fourth-order valence-corrected chi connectivity index (χ4v) is 2.75. The van der Waals surface area contributed by atoms with Crippen LogP contribution in [0.2, 0.25) is 0 Å². The van der Waals surface area contributed by atoms with Crippen LogP contribution in [0.15, 0.2) is 53.0 Å². The Morgan fingerprint density at radius 1 is 1.25 bits per heavy atom. The van der Waals surface area contributed by atoms with E-state index in [1.54, 1.807) is 6.07 Å². The van der Waals surface area contributed by atoms with Gasteiger partial charge in [-0.25, -0.2) is 0 Å². The van der Waals surface area contributed by atoms with Gasteiger partial charge in [-0.1, -0.05) is 30.3 Å². The Kier molecular flexibility index (Phi) is 5.56. The van der Waals surface area contributed by atoms with Gasteiger partial charge in [-0.2, -0.15) is 0 Å². The lowest BCUT2D eigenvalue weighted by Crippen LogP contribution is -2.31. The third kappa shape index (κ3) is 3.80. The number of aliphatic hydroxyl groups excluding tert-OH is 1. The van der Waals surface area contributed by atoms with Crippen molar-refractivity contribution >= 4 is 44.4 Å². The summed E-state index contributed by atoms with van der Waals surface area (Å²) in [5.41, 5.74) is 1.44. The summed E-state index contributed by atoms with van der Waals surface area (Å²) in [5.74, 6) is -0.210. The van der Waals surface area contributed by atoms with Crippen LogP contribution in [0.5, 0.6) is 0 Å². The summed E-state index contributed by atoms with van der Waals surface area (Å²) < 4.78 is 1.72. The van der Waals surface area contributed by atoms with Crippen molar-refractivity contribution in [2.45, 2.75) is 6.04 Å². The quantitative estimate of drug-likeness (QED) is 0.707.